The van der Waals surface area contributed by atoms with E-state index in [9.17, 15) is 4.79 Å². The van der Waals surface area contributed by atoms with Gasteiger partial charge in [0.25, 0.3) is 5.91 Å². The highest BCUT2D eigenvalue weighted by molar-refractivity contribution is 6.12. The molecule has 1 aliphatic rings. The van der Waals surface area contributed by atoms with E-state index in [0.717, 1.165) is 47.3 Å². The van der Waals surface area contributed by atoms with Crippen LogP contribution in [0.2, 0.25) is 0 Å². The van der Waals surface area contributed by atoms with E-state index in [1.807, 2.05) is 47.4 Å². The van der Waals surface area contributed by atoms with Crippen LogP contribution < -0.4 is 4.74 Å². The molecule has 0 bridgehead atoms. The number of ether oxygens (including phenoxy) is 1. The van der Waals surface area contributed by atoms with E-state index in [4.69, 9.17) is 19.7 Å². The summed E-state index contributed by atoms with van der Waals surface area (Å²) in [5.74, 6) is 0.168. The molecule has 0 saturated carbocycles. The highest BCUT2D eigenvalue weighted by Gasteiger charge is 2.17. The Bertz CT molecular complexity index is 948. The minimum Gasteiger partial charge on any atom is -0.497 e. The second-order valence-corrected chi connectivity index (χ2v) is 6.51. The van der Waals surface area contributed by atoms with Gasteiger partial charge in [-0.05, 0) is 49.2 Å². The number of rotatable bonds is 5. The Hall–Kier alpha value is -3.61. The molecule has 7 nitrogen and oxygen atoms in total. The zero-order chi connectivity index (χ0) is 21.9. The van der Waals surface area contributed by atoms with Crippen molar-refractivity contribution in [1.82, 2.24) is 5.01 Å². The van der Waals surface area contributed by atoms with Crippen LogP contribution in [-0.4, -0.2) is 36.1 Å². The van der Waals surface area contributed by atoms with E-state index in [-0.39, 0.29) is 0 Å². The Morgan fingerprint density at radius 1 is 1.07 bits per heavy atom. The number of aliphatic imine (C=N–C) groups is 1. The summed E-state index contributed by atoms with van der Waals surface area (Å²) in [6.07, 6.45) is 3.02. The highest BCUT2D eigenvalue weighted by atomic mass is 16.5. The number of nitroso groups, excluding NO2 is 1. The molecule has 0 spiro atoms. The second-order valence-electron chi connectivity index (χ2n) is 6.51. The average Bonchev–Trinajstić information content (AvgIpc) is 2.80. The first kappa shape index (κ1) is 22.7. The minimum absolute atomic E-state index is 0.513. The van der Waals surface area contributed by atoms with Gasteiger partial charge < -0.3 is 4.74 Å². The van der Waals surface area contributed by atoms with Crippen LogP contribution in [0.15, 0.2) is 75.9 Å². The topological polar surface area (TPSA) is 83.7 Å². The van der Waals surface area contributed by atoms with Gasteiger partial charge in [-0.3, -0.25) is 9.79 Å². The van der Waals surface area contributed by atoms with E-state index in [0.29, 0.717) is 6.67 Å². The van der Waals surface area contributed by atoms with Crippen LogP contribution in [-0.2, 0) is 4.79 Å². The lowest BCUT2D eigenvalue weighted by molar-refractivity contribution is -0.115. The minimum atomic E-state index is -0.676. The van der Waals surface area contributed by atoms with Crippen molar-refractivity contribution in [2.75, 3.05) is 13.8 Å². The van der Waals surface area contributed by atoms with E-state index < -0.39 is 5.91 Å². The predicted molar refractivity (Wildman–Crippen MR) is 121 cm³/mol. The molecule has 30 heavy (non-hydrogen) atoms. The molecule has 156 valence electrons. The summed E-state index contributed by atoms with van der Waals surface area (Å²) in [7, 11) is 1.68. The maximum Gasteiger partial charge on any atom is 0.283 e. The molecule has 0 atom stereocenters. The van der Waals surface area contributed by atoms with Crippen LogP contribution in [0.25, 0.3) is 5.70 Å². The molecule has 0 unspecified atom stereocenters. The molecule has 0 aliphatic carbocycles. The van der Waals surface area contributed by atoms with E-state index in [1.54, 1.807) is 7.11 Å². The molecule has 0 fully saturated rings. The van der Waals surface area contributed by atoms with Crippen molar-refractivity contribution in [2.45, 2.75) is 27.2 Å². The van der Waals surface area contributed by atoms with Crippen molar-refractivity contribution in [3.05, 3.63) is 76.7 Å². The number of allylic oxidation sites excluding steroid dienone is 1. The zero-order valence-electron chi connectivity index (χ0n) is 17.7. The Labute approximate surface area is 176 Å². The fourth-order valence-corrected chi connectivity index (χ4v) is 2.61. The summed E-state index contributed by atoms with van der Waals surface area (Å²) in [5.41, 5.74) is 5.32. The summed E-state index contributed by atoms with van der Waals surface area (Å²) in [6, 6.07) is 18.3. The van der Waals surface area contributed by atoms with E-state index >= 15 is 0 Å². The summed E-state index contributed by atoms with van der Waals surface area (Å²) < 4.78 is 5.27. The van der Waals surface area contributed by atoms with Crippen LogP contribution in [0.4, 0.5) is 0 Å². The summed E-state index contributed by atoms with van der Waals surface area (Å²) >= 11 is 0. The zero-order valence-corrected chi connectivity index (χ0v) is 17.7. The quantitative estimate of drug-likeness (QED) is 0.523. The van der Waals surface area contributed by atoms with Crippen molar-refractivity contribution >= 4 is 23.0 Å². The van der Waals surface area contributed by atoms with Crippen LogP contribution in [0.1, 0.15) is 38.3 Å². The van der Waals surface area contributed by atoms with Crippen molar-refractivity contribution in [1.29, 1.82) is 0 Å². The van der Waals surface area contributed by atoms with Crippen LogP contribution in [0.5, 0.6) is 5.75 Å². The predicted octanol–water partition coefficient (Wildman–Crippen LogP) is 4.88. The number of hydrogen-bond donors (Lipinski definition) is 0. The van der Waals surface area contributed by atoms with Gasteiger partial charge >= 0.3 is 0 Å². The van der Waals surface area contributed by atoms with Crippen LogP contribution in [0, 0.1) is 4.91 Å². The Balaban J connectivity index is 0.000000575. The maximum atomic E-state index is 9.33. The van der Waals surface area contributed by atoms with Gasteiger partial charge in [-0.1, -0.05) is 37.3 Å². The fourth-order valence-electron chi connectivity index (χ4n) is 2.61. The SMILES string of the molecule is CC(=O)N=O.CC/C(C)=N\N1CN=C(c2ccccc2)C=C1c1ccc(OC)cc1. The lowest BCUT2D eigenvalue weighted by atomic mass is 10.0. The Morgan fingerprint density at radius 3 is 2.23 bits per heavy atom. The average molecular weight is 406 g/mol. The standard InChI is InChI=1S/C21H23N3O.C2H3NO2/c1-4-16(2)23-24-15-22-20(17-8-6-5-7-9-17)14-21(24)18-10-12-19(25-3)13-11-18;1-2(4)3-5/h5-14H,4,15H2,1-3H3;1H3/b23-16-;. The first-order chi connectivity index (χ1) is 14.5. The number of carbonyl (C=O) groups is 1. The van der Waals surface area contributed by atoms with Gasteiger partial charge in [0.2, 0.25) is 0 Å². The second kappa shape index (κ2) is 11.4. The van der Waals surface area contributed by atoms with Crippen LogP contribution in [0.3, 0.4) is 0 Å². The van der Waals surface area contributed by atoms with Gasteiger partial charge in [0, 0.05) is 23.4 Å². The van der Waals surface area contributed by atoms with E-state index in [1.165, 1.54) is 0 Å². The third-order valence-electron chi connectivity index (χ3n) is 4.31. The molecular weight excluding hydrogens is 380 g/mol. The van der Waals surface area contributed by atoms with Gasteiger partial charge in [-0.25, -0.2) is 5.01 Å². The summed E-state index contributed by atoms with van der Waals surface area (Å²) in [6.45, 7) is 5.77. The molecule has 3 rings (SSSR count). The number of amides is 1. The number of carbonyl (C=O) groups excluding carboxylic acids is 1. The monoisotopic (exact) mass is 406 g/mol. The molecule has 0 saturated heterocycles. The first-order valence-electron chi connectivity index (χ1n) is 9.60. The van der Waals surface area contributed by atoms with Crippen molar-refractivity contribution in [2.24, 2.45) is 15.3 Å². The van der Waals surface area contributed by atoms with Gasteiger partial charge in [0.15, 0.2) is 0 Å². The molecule has 1 heterocycles. The molecule has 0 radical (unpaired) electrons. The number of nitrogens with zero attached hydrogens (tertiary/aromatic N) is 4. The number of hydrogen-bond acceptors (Lipinski definition) is 6. The summed E-state index contributed by atoms with van der Waals surface area (Å²) in [4.78, 5) is 23.0. The number of hydrazone groups is 1. The van der Waals surface area contributed by atoms with Gasteiger partial charge in [-0.15, -0.1) is 4.91 Å². The lowest BCUT2D eigenvalue weighted by Gasteiger charge is -2.26. The maximum absolute atomic E-state index is 9.33. The molecule has 1 aliphatic heterocycles. The van der Waals surface area contributed by atoms with Crippen molar-refractivity contribution in [3.63, 3.8) is 0 Å². The smallest absolute Gasteiger partial charge is 0.283 e. The fraction of sp³-hybridized carbons (Fsp3) is 0.261. The summed E-state index contributed by atoms with van der Waals surface area (Å²) in [5, 5.41) is 8.69. The first-order valence-corrected chi connectivity index (χ1v) is 9.60. The Morgan fingerprint density at radius 2 is 1.70 bits per heavy atom. The van der Waals surface area contributed by atoms with Gasteiger partial charge in [0.1, 0.15) is 12.4 Å². The van der Waals surface area contributed by atoms with Gasteiger partial charge in [0.05, 0.1) is 18.5 Å². The molecule has 0 N–H and O–H groups in total. The van der Waals surface area contributed by atoms with Crippen molar-refractivity contribution in [3.8, 4) is 5.75 Å². The third-order valence-corrected chi connectivity index (χ3v) is 4.31. The normalized spacial score (nSPS) is 13.5. The number of methoxy groups -OCH3 is 1. The molecular formula is C23H26N4O3. The number of benzene rings is 2. The molecule has 1 amide bonds. The molecule has 2 aromatic rings. The lowest BCUT2D eigenvalue weighted by Crippen LogP contribution is -2.23. The highest BCUT2D eigenvalue weighted by Crippen LogP contribution is 2.26. The largest absolute Gasteiger partial charge is 0.497 e. The third kappa shape index (κ3) is 6.48. The molecule has 2 aromatic carbocycles. The van der Waals surface area contributed by atoms with Crippen molar-refractivity contribution < 1.29 is 9.53 Å². The molecule has 7 heteroatoms. The van der Waals surface area contributed by atoms with E-state index in [2.05, 4.69) is 37.3 Å². The Kier molecular flexibility index (Phi) is 8.62. The molecule has 0 aromatic heterocycles. The van der Waals surface area contributed by atoms with Crippen LogP contribution >= 0.6 is 0 Å². The van der Waals surface area contributed by atoms with Gasteiger partial charge in [-0.2, -0.15) is 5.10 Å².